The van der Waals surface area contributed by atoms with E-state index in [1.54, 1.807) is 0 Å². The fraction of sp³-hybridized carbons (Fsp3) is 0.625. The van der Waals surface area contributed by atoms with Gasteiger partial charge in [0.05, 0.1) is 5.39 Å². The third-order valence-electron chi connectivity index (χ3n) is 4.39. The Hall–Kier alpha value is -1.20. The number of aromatic nitrogens is 2. The smallest absolute Gasteiger partial charge is 0.161 e. The number of hydrogen-bond acceptors (Lipinski definition) is 5. The molecule has 3 heterocycles. The predicted octanol–water partition coefficient (Wildman–Crippen LogP) is 3.85. The lowest BCUT2D eigenvalue weighted by atomic mass is 9.97. The van der Waals surface area contributed by atoms with Crippen molar-refractivity contribution in [1.29, 1.82) is 0 Å². The van der Waals surface area contributed by atoms with Crippen LogP contribution in [0.4, 0.5) is 5.82 Å². The highest BCUT2D eigenvalue weighted by Gasteiger charge is 2.25. The van der Waals surface area contributed by atoms with E-state index >= 15 is 0 Å². The van der Waals surface area contributed by atoms with Crippen LogP contribution in [0.15, 0.2) is 0 Å². The predicted molar refractivity (Wildman–Crippen MR) is 86.1 cm³/mol. The zero-order valence-corrected chi connectivity index (χ0v) is 13.3. The summed E-state index contributed by atoms with van der Waals surface area (Å²) in [6.07, 6.45) is 7.23. The molecule has 1 unspecified atom stereocenters. The summed E-state index contributed by atoms with van der Waals surface area (Å²) < 4.78 is 5.77. The molecule has 1 fully saturated rings. The maximum absolute atomic E-state index is 5.77. The summed E-state index contributed by atoms with van der Waals surface area (Å²) >= 11 is 1.87. The minimum Gasteiger partial charge on any atom is -0.370 e. The van der Waals surface area contributed by atoms with Crippen LogP contribution in [0.2, 0.25) is 0 Å². The van der Waals surface area contributed by atoms with Crippen LogP contribution in [0.3, 0.4) is 0 Å². The van der Waals surface area contributed by atoms with Crippen molar-refractivity contribution in [2.45, 2.75) is 51.6 Å². The first kappa shape index (κ1) is 13.5. The Morgan fingerprint density at radius 3 is 2.95 bits per heavy atom. The van der Waals surface area contributed by atoms with Crippen LogP contribution in [-0.4, -0.2) is 23.1 Å². The Morgan fingerprint density at radius 1 is 1.24 bits per heavy atom. The maximum atomic E-state index is 5.77. The molecule has 4 nitrogen and oxygen atoms in total. The Bertz CT molecular complexity index is 661. The van der Waals surface area contributed by atoms with Crippen LogP contribution in [0.25, 0.3) is 10.2 Å². The molecule has 5 heteroatoms. The minimum atomic E-state index is 0.0888. The van der Waals surface area contributed by atoms with Crippen molar-refractivity contribution in [1.82, 2.24) is 9.97 Å². The first-order chi connectivity index (χ1) is 10.4. The van der Waals surface area contributed by atoms with Gasteiger partial charge in [-0.05, 0) is 51.0 Å². The van der Waals surface area contributed by atoms with Crippen molar-refractivity contribution in [3.05, 3.63) is 16.3 Å². The normalized spacial score (nSPS) is 21.7. The Morgan fingerprint density at radius 2 is 2.14 bits per heavy atom. The fourth-order valence-electron chi connectivity index (χ4n) is 3.39. The first-order valence-electron chi connectivity index (χ1n) is 8.04. The largest absolute Gasteiger partial charge is 0.370 e. The maximum Gasteiger partial charge on any atom is 0.161 e. The average Bonchev–Trinajstić information content (AvgIpc) is 3.14. The molecule has 1 saturated heterocycles. The van der Waals surface area contributed by atoms with E-state index in [0.717, 1.165) is 42.5 Å². The lowest BCUT2D eigenvalue weighted by molar-refractivity contribution is 0.105. The molecule has 0 spiro atoms. The molecule has 0 saturated carbocycles. The van der Waals surface area contributed by atoms with Gasteiger partial charge in [0.25, 0.3) is 0 Å². The van der Waals surface area contributed by atoms with Gasteiger partial charge < -0.3 is 10.1 Å². The van der Waals surface area contributed by atoms with E-state index < -0.39 is 0 Å². The van der Waals surface area contributed by atoms with Gasteiger partial charge in [-0.2, -0.15) is 0 Å². The van der Waals surface area contributed by atoms with E-state index in [1.165, 1.54) is 41.5 Å². The van der Waals surface area contributed by atoms with Gasteiger partial charge in [-0.25, -0.2) is 9.97 Å². The molecule has 2 aliphatic rings. The molecule has 1 atom stereocenters. The van der Waals surface area contributed by atoms with E-state index in [2.05, 4.69) is 12.2 Å². The summed E-state index contributed by atoms with van der Waals surface area (Å²) in [4.78, 5) is 12.3. The number of thiophene rings is 1. The molecular weight excluding hydrogens is 282 g/mol. The molecule has 21 heavy (non-hydrogen) atoms. The van der Waals surface area contributed by atoms with E-state index in [4.69, 9.17) is 14.7 Å². The monoisotopic (exact) mass is 303 g/mol. The zero-order chi connectivity index (χ0) is 14.2. The van der Waals surface area contributed by atoms with Gasteiger partial charge >= 0.3 is 0 Å². The summed E-state index contributed by atoms with van der Waals surface area (Å²) in [7, 11) is 0. The molecular formula is C16H21N3OS. The second-order valence-corrected chi connectivity index (χ2v) is 6.94. The van der Waals surface area contributed by atoms with Crippen LogP contribution in [0.5, 0.6) is 0 Å². The summed E-state index contributed by atoms with van der Waals surface area (Å²) in [5.74, 6) is 1.89. The van der Waals surface area contributed by atoms with Crippen molar-refractivity contribution in [3.8, 4) is 0 Å². The standard InChI is InChI=1S/C16H21N3OS/c1-2-17-15-13-10-6-3-4-8-12(10)21-16(13)19-14(18-15)11-7-5-9-20-11/h11H,2-9H2,1H3,(H,17,18,19). The van der Waals surface area contributed by atoms with Gasteiger partial charge in [0.15, 0.2) is 5.82 Å². The van der Waals surface area contributed by atoms with Gasteiger partial charge in [0.1, 0.15) is 16.8 Å². The summed E-state index contributed by atoms with van der Waals surface area (Å²) in [5.41, 5.74) is 1.50. The average molecular weight is 303 g/mol. The number of hydrogen-bond donors (Lipinski definition) is 1. The molecule has 1 N–H and O–H groups in total. The number of aryl methyl sites for hydroxylation is 2. The Kier molecular flexibility index (Phi) is 3.55. The van der Waals surface area contributed by atoms with Crippen molar-refractivity contribution in [2.75, 3.05) is 18.5 Å². The molecule has 112 valence electrons. The molecule has 4 rings (SSSR count). The van der Waals surface area contributed by atoms with Crippen molar-refractivity contribution < 1.29 is 4.74 Å². The Balaban J connectivity index is 1.87. The molecule has 0 bridgehead atoms. The van der Waals surface area contributed by atoms with Crippen LogP contribution in [-0.2, 0) is 17.6 Å². The van der Waals surface area contributed by atoms with Crippen molar-refractivity contribution in [3.63, 3.8) is 0 Å². The topological polar surface area (TPSA) is 47.0 Å². The van der Waals surface area contributed by atoms with E-state index in [0.29, 0.717) is 0 Å². The van der Waals surface area contributed by atoms with Crippen LogP contribution in [0, 0.1) is 0 Å². The van der Waals surface area contributed by atoms with Crippen LogP contribution < -0.4 is 5.32 Å². The molecule has 1 aliphatic heterocycles. The SMILES string of the molecule is CCNc1nc(C2CCCO2)nc2sc3c(c12)CCCC3. The van der Waals surface area contributed by atoms with Crippen molar-refractivity contribution in [2.24, 2.45) is 0 Å². The minimum absolute atomic E-state index is 0.0888. The molecule has 0 radical (unpaired) electrons. The second kappa shape index (κ2) is 5.54. The highest BCUT2D eigenvalue weighted by Crippen LogP contribution is 2.40. The highest BCUT2D eigenvalue weighted by molar-refractivity contribution is 7.19. The van der Waals surface area contributed by atoms with E-state index in [-0.39, 0.29) is 6.10 Å². The summed E-state index contributed by atoms with van der Waals surface area (Å²) in [5, 5.41) is 4.73. The van der Waals surface area contributed by atoms with Crippen molar-refractivity contribution >= 4 is 27.4 Å². The number of fused-ring (bicyclic) bond motifs is 3. The molecule has 0 aromatic carbocycles. The fourth-order valence-corrected chi connectivity index (χ4v) is 4.66. The summed E-state index contributed by atoms with van der Waals surface area (Å²) in [6.45, 7) is 3.85. The van der Waals surface area contributed by atoms with Gasteiger partial charge in [-0.3, -0.25) is 0 Å². The quantitative estimate of drug-likeness (QED) is 0.935. The Labute approximate surface area is 128 Å². The molecule has 2 aromatic rings. The number of ether oxygens (including phenoxy) is 1. The van der Waals surface area contributed by atoms with Gasteiger partial charge in [-0.15, -0.1) is 11.3 Å². The summed E-state index contributed by atoms with van der Waals surface area (Å²) in [6, 6.07) is 0. The zero-order valence-electron chi connectivity index (χ0n) is 12.4. The van der Waals surface area contributed by atoms with Gasteiger partial charge in [-0.1, -0.05) is 0 Å². The number of rotatable bonds is 3. The highest BCUT2D eigenvalue weighted by atomic mass is 32.1. The van der Waals surface area contributed by atoms with Crippen LogP contribution in [0.1, 0.15) is 55.0 Å². The first-order valence-corrected chi connectivity index (χ1v) is 8.86. The third-order valence-corrected chi connectivity index (χ3v) is 5.58. The lowest BCUT2D eigenvalue weighted by Crippen LogP contribution is -2.08. The number of anilines is 1. The van der Waals surface area contributed by atoms with Gasteiger partial charge in [0, 0.05) is 18.0 Å². The number of nitrogens with zero attached hydrogens (tertiary/aromatic N) is 2. The number of nitrogens with one attached hydrogen (secondary N) is 1. The van der Waals surface area contributed by atoms with E-state index in [1.807, 2.05) is 11.3 Å². The lowest BCUT2D eigenvalue weighted by Gasteiger charge is -2.14. The molecule has 2 aromatic heterocycles. The van der Waals surface area contributed by atoms with E-state index in [9.17, 15) is 0 Å². The molecule has 1 aliphatic carbocycles. The second-order valence-electron chi connectivity index (χ2n) is 5.85. The molecule has 0 amide bonds. The van der Waals surface area contributed by atoms with Gasteiger partial charge in [0.2, 0.25) is 0 Å². The third kappa shape index (κ3) is 2.32. The van der Waals surface area contributed by atoms with Crippen LogP contribution >= 0.6 is 11.3 Å².